The van der Waals surface area contributed by atoms with Gasteiger partial charge in [0.25, 0.3) is 0 Å². The van der Waals surface area contributed by atoms with Gasteiger partial charge in [-0.05, 0) is 31.3 Å². The second-order valence-corrected chi connectivity index (χ2v) is 8.29. The molecule has 3 rings (SSSR count). The fourth-order valence-electron chi connectivity index (χ4n) is 3.77. The molecule has 1 saturated heterocycles. The number of rotatable bonds is 10. The van der Waals surface area contributed by atoms with E-state index in [1.165, 1.54) is 26.4 Å². The van der Waals surface area contributed by atoms with Crippen molar-refractivity contribution in [2.45, 2.75) is 0 Å². The predicted octanol–water partition coefficient (Wildman–Crippen LogP) is 3.07. The maximum absolute atomic E-state index is 12.7. The molecule has 0 aromatic heterocycles. The highest BCUT2D eigenvalue weighted by atomic mass is 16.5. The van der Waals surface area contributed by atoms with Gasteiger partial charge in [-0.25, -0.2) is 0 Å². The van der Waals surface area contributed by atoms with Crippen LogP contribution in [0.15, 0.2) is 48.7 Å². The minimum atomic E-state index is -0.350. The lowest BCUT2D eigenvalue weighted by atomic mass is 10.1. The number of piperazine rings is 1. The topological polar surface area (TPSA) is 102 Å². The summed E-state index contributed by atoms with van der Waals surface area (Å²) >= 11 is 0. The molecule has 10 heteroatoms. The van der Waals surface area contributed by atoms with E-state index in [0.717, 1.165) is 13.1 Å². The molecule has 1 aliphatic rings. The van der Waals surface area contributed by atoms with Gasteiger partial charge in [-0.15, -0.1) is 0 Å². The number of benzene rings is 2. The molecule has 2 N–H and O–H groups in total. The van der Waals surface area contributed by atoms with E-state index in [4.69, 9.17) is 18.9 Å². The van der Waals surface area contributed by atoms with Crippen LogP contribution in [0.1, 0.15) is 5.56 Å². The fraction of sp³-hybridized carbons (Fsp3) is 0.333. The SMILES string of the molecule is COc1cc(OC)c(/C=C/C(=O)Nc2ccc(OC)c(N/C=C\C(=O)N3CCN(C)CC3)c2)c(OC)c1. The maximum atomic E-state index is 12.7. The van der Waals surface area contributed by atoms with Crippen molar-refractivity contribution in [3.05, 3.63) is 54.2 Å². The molecular formula is C27H34N4O6. The minimum Gasteiger partial charge on any atom is -0.496 e. The van der Waals surface area contributed by atoms with Gasteiger partial charge in [0.15, 0.2) is 0 Å². The summed E-state index contributed by atoms with van der Waals surface area (Å²) in [5, 5.41) is 5.90. The molecule has 0 aliphatic carbocycles. The van der Waals surface area contributed by atoms with Crippen LogP contribution in [0.2, 0.25) is 0 Å². The highest BCUT2D eigenvalue weighted by Crippen LogP contribution is 2.35. The van der Waals surface area contributed by atoms with E-state index in [9.17, 15) is 9.59 Å². The third-order valence-corrected chi connectivity index (χ3v) is 5.90. The number of hydrogen-bond donors (Lipinski definition) is 2. The molecular weight excluding hydrogens is 476 g/mol. The lowest BCUT2D eigenvalue weighted by Gasteiger charge is -2.31. The lowest BCUT2D eigenvalue weighted by molar-refractivity contribution is -0.127. The third kappa shape index (κ3) is 7.40. The average molecular weight is 511 g/mol. The Bertz CT molecular complexity index is 1130. The Hall–Kier alpha value is -4.18. The van der Waals surface area contributed by atoms with E-state index >= 15 is 0 Å². The summed E-state index contributed by atoms with van der Waals surface area (Å²) in [5.74, 6) is 1.75. The first-order valence-corrected chi connectivity index (χ1v) is 11.8. The summed E-state index contributed by atoms with van der Waals surface area (Å²) in [6, 6.07) is 8.60. The minimum absolute atomic E-state index is 0.0569. The summed E-state index contributed by atoms with van der Waals surface area (Å²) in [7, 11) is 8.21. The molecule has 2 aromatic carbocycles. The van der Waals surface area contributed by atoms with E-state index in [2.05, 4.69) is 15.5 Å². The molecule has 0 spiro atoms. The number of methoxy groups -OCH3 is 4. The number of amides is 2. The van der Waals surface area contributed by atoms with Gasteiger partial charge in [0, 0.05) is 62.4 Å². The van der Waals surface area contributed by atoms with Gasteiger partial charge in [-0.2, -0.15) is 0 Å². The number of carbonyl (C=O) groups excluding carboxylic acids is 2. The van der Waals surface area contributed by atoms with Crippen LogP contribution in [0, 0.1) is 0 Å². The van der Waals surface area contributed by atoms with Gasteiger partial charge < -0.3 is 39.4 Å². The quantitative estimate of drug-likeness (QED) is 0.471. The van der Waals surface area contributed by atoms with Gasteiger partial charge in [-0.3, -0.25) is 9.59 Å². The zero-order valence-electron chi connectivity index (χ0n) is 21.9. The monoisotopic (exact) mass is 510 g/mol. The van der Waals surface area contributed by atoms with Crippen LogP contribution in [0.25, 0.3) is 6.08 Å². The van der Waals surface area contributed by atoms with E-state index in [1.807, 2.05) is 11.9 Å². The number of ether oxygens (including phenoxy) is 4. The summed E-state index contributed by atoms with van der Waals surface area (Å²) < 4.78 is 21.5. The Morgan fingerprint density at radius 2 is 1.49 bits per heavy atom. The predicted molar refractivity (Wildman–Crippen MR) is 144 cm³/mol. The zero-order chi connectivity index (χ0) is 26.8. The second kappa shape index (κ2) is 13.2. The van der Waals surface area contributed by atoms with Gasteiger partial charge >= 0.3 is 0 Å². The molecule has 0 atom stereocenters. The van der Waals surface area contributed by atoms with Crippen molar-refractivity contribution in [2.24, 2.45) is 0 Å². The van der Waals surface area contributed by atoms with Crippen molar-refractivity contribution in [1.29, 1.82) is 0 Å². The smallest absolute Gasteiger partial charge is 0.248 e. The van der Waals surface area contributed by atoms with Crippen LogP contribution < -0.4 is 29.6 Å². The summed E-state index contributed by atoms with van der Waals surface area (Å²) in [4.78, 5) is 29.1. The van der Waals surface area contributed by atoms with Crippen molar-refractivity contribution >= 4 is 29.3 Å². The molecule has 2 aromatic rings. The van der Waals surface area contributed by atoms with Crippen molar-refractivity contribution in [3.63, 3.8) is 0 Å². The fourth-order valence-corrected chi connectivity index (χ4v) is 3.77. The Morgan fingerprint density at radius 3 is 2.08 bits per heavy atom. The van der Waals surface area contributed by atoms with Gasteiger partial charge in [0.2, 0.25) is 11.8 Å². The molecule has 198 valence electrons. The molecule has 0 unspecified atom stereocenters. The molecule has 37 heavy (non-hydrogen) atoms. The molecule has 2 amide bonds. The van der Waals surface area contributed by atoms with Crippen LogP contribution >= 0.6 is 0 Å². The Morgan fingerprint density at radius 1 is 0.838 bits per heavy atom. The number of likely N-dealkylation sites (N-methyl/N-ethyl adjacent to an activating group) is 1. The van der Waals surface area contributed by atoms with E-state index in [0.29, 0.717) is 53.0 Å². The number of nitrogens with zero attached hydrogens (tertiary/aromatic N) is 2. The molecule has 1 fully saturated rings. The van der Waals surface area contributed by atoms with Crippen molar-refractivity contribution in [1.82, 2.24) is 9.80 Å². The van der Waals surface area contributed by atoms with Crippen molar-refractivity contribution < 1.29 is 28.5 Å². The summed E-state index contributed by atoms with van der Waals surface area (Å²) in [5.41, 5.74) is 1.75. The van der Waals surface area contributed by atoms with E-state index < -0.39 is 0 Å². The van der Waals surface area contributed by atoms with Gasteiger partial charge in [0.1, 0.15) is 23.0 Å². The van der Waals surface area contributed by atoms with Gasteiger partial charge in [-0.1, -0.05) is 0 Å². The maximum Gasteiger partial charge on any atom is 0.248 e. The Kier molecular flexibility index (Phi) is 9.79. The highest BCUT2D eigenvalue weighted by molar-refractivity contribution is 6.02. The largest absolute Gasteiger partial charge is 0.496 e. The second-order valence-electron chi connectivity index (χ2n) is 8.29. The van der Waals surface area contributed by atoms with Crippen LogP contribution in [0.3, 0.4) is 0 Å². The first-order valence-electron chi connectivity index (χ1n) is 11.8. The molecule has 0 radical (unpaired) electrons. The first-order chi connectivity index (χ1) is 17.9. The normalized spacial score (nSPS) is 14.0. The van der Waals surface area contributed by atoms with Crippen LogP contribution in [-0.2, 0) is 9.59 Å². The van der Waals surface area contributed by atoms with Crippen molar-refractivity contribution in [2.75, 3.05) is 72.3 Å². The number of nitrogens with one attached hydrogen (secondary N) is 2. The zero-order valence-corrected chi connectivity index (χ0v) is 21.9. The van der Waals surface area contributed by atoms with E-state index in [-0.39, 0.29) is 11.8 Å². The van der Waals surface area contributed by atoms with E-state index in [1.54, 1.807) is 56.8 Å². The molecule has 0 bridgehead atoms. The summed E-state index contributed by atoms with van der Waals surface area (Å²) in [6.07, 6.45) is 6.07. The molecule has 1 aliphatic heterocycles. The highest BCUT2D eigenvalue weighted by Gasteiger charge is 2.17. The molecule has 0 saturated carbocycles. The average Bonchev–Trinajstić information content (AvgIpc) is 2.91. The van der Waals surface area contributed by atoms with Gasteiger partial charge in [0.05, 0.1) is 39.7 Å². The Labute approximate surface area is 217 Å². The molecule has 1 heterocycles. The van der Waals surface area contributed by atoms with Crippen molar-refractivity contribution in [3.8, 4) is 23.0 Å². The first kappa shape index (κ1) is 27.4. The summed E-state index contributed by atoms with van der Waals surface area (Å²) in [6.45, 7) is 3.11. The van der Waals surface area contributed by atoms with Crippen LogP contribution in [0.4, 0.5) is 11.4 Å². The number of carbonyl (C=O) groups is 2. The van der Waals surface area contributed by atoms with Crippen LogP contribution in [0.5, 0.6) is 23.0 Å². The Balaban J connectivity index is 1.68. The van der Waals surface area contributed by atoms with Crippen LogP contribution in [-0.4, -0.2) is 83.3 Å². The lowest BCUT2D eigenvalue weighted by Crippen LogP contribution is -2.46. The standard InChI is InChI=1S/C27H34N4O6/c1-30-12-14-31(15-13-30)27(33)10-11-28-22-16-19(6-8-23(22)35-3)29-26(32)9-7-21-24(36-4)17-20(34-2)18-25(21)37-5/h6-11,16-18,28H,12-15H2,1-5H3,(H,29,32)/b9-7+,11-10-. The molecule has 10 nitrogen and oxygen atoms in total. The number of anilines is 2. The number of hydrogen-bond acceptors (Lipinski definition) is 8. The third-order valence-electron chi connectivity index (χ3n) is 5.90.